The zero-order chi connectivity index (χ0) is 17.0. The first kappa shape index (κ1) is 17.0. The predicted molar refractivity (Wildman–Crippen MR) is 97.2 cm³/mol. The van der Waals surface area contributed by atoms with Gasteiger partial charge in [-0.25, -0.2) is 4.98 Å². The van der Waals surface area contributed by atoms with Crippen molar-refractivity contribution in [2.24, 2.45) is 0 Å². The van der Waals surface area contributed by atoms with Crippen LogP contribution in [0.4, 0.5) is 5.82 Å². The molecule has 1 aromatic heterocycles. The lowest BCUT2D eigenvalue weighted by Gasteiger charge is -2.18. The standard InChI is InChI=1S/C19H21BN2O/c1-13-11-16(20)18(21-12-13)22-17(23)10-7-14-5-8-15(9-6-14)19(2,3)4/h5-12H,1-4H3,(H,21,22,23)/b10-7+. The summed E-state index contributed by atoms with van der Waals surface area (Å²) in [6.07, 6.45) is 4.92. The fourth-order valence-electron chi connectivity index (χ4n) is 2.12. The molecule has 0 saturated carbocycles. The first-order valence-corrected chi connectivity index (χ1v) is 7.57. The number of benzene rings is 1. The Morgan fingerprint density at radius 1 is 1.22 bits per heavy atom. The van der Waals surface area contributed by atoms with Gasteiger partial charge >= 0.3 is 0 Å². The van der Waals surface area contributed by atoms with E-state index in [1.165, 1.54) is 11.6 Å². The molecule has 23 heavy (non-hydrogen) atoms. The molecule has 0 atom stereocenters. The maximum Gasteiger partial charge on any atom is 0.249 e. The van der Waals surface area contributed by atoms with E-state index < -0.39 is 0 Å². The summed E-state index contributed by atoms with van der Waals surface area (Å²) in [5.41, 5.74) is 3.76. The van der Waals surface area contributed by atoms with Gasteiger partial charge in [0.2, 0.25) is 5.91 Å². The first-order valence-electron chi connectivity index (χ1n) is 7.57. The molecule has 2 aromatic rings. The number of hydrogen-bond acceptors (Lipinski definition) is 2. The summed E-state index contributed by atoms with van der Waals surface area (Å²) < 4.78 is 0. The average Bonchev–Trinajstić information content (AvgIpc) is 2.47. The Bertz CT molecular complexity index is 728. The number of aryl methyl sites for hydroxylation is 1. The number of hydrogen-bond donors (Lipinski definition) is 1. The van der Waals surface area contributed by atoms with Crippen LogP contribution in [0.1, 0.15) is 37.5 Å². The van der Waals surface area contributed by atoms with Crippen LogP contribution in [0.15, 0.2) is 42.6 Å². The number of rotatable bonds is 3. The van der Waals surface area contributed by atoms with Gasteiger partial charge in [0.1, 0.15) is 13.7 Å². The third-order valence-corrected chi connectivity index (χ3v) is 3.50. The van der Waals surface area contributed by atoms with Crippen LogP contribution >= 0.6 is 0 Å². The second-order valence-electron chi connectivity index (χ2n) is 6.65. The summed E-state index contributed by atoms with van der Waals surface area (Å²) in [5, 5.41) is 2.68. The number of anilines is 1. The minimum absolute atomic E-state index is 0.119. The molecule has 4 heteroatoms. The van der Waals surface area contributed by atoms with Crippen molar-refractivity contribution >= 4 is 31.1 Å². The van der Waals surface area contributed by atoms with E-state index >= 15 is 0 Å². The largest absolute Gasteiger partial charge is 0.308 e. The van der Waals surface area contributed by atoms with Crippen molar-refractivity contribution in [1.29, 1.82) is 0 Å². The van der Waals surface area contributed by atoms with E-state index in [0.29, 0.717) is 11.3 Å². The van der Waals surface area contributed by atoms with Gasteiger partial charge in [0.25, 0.3) is 0 Å². The molecular weight excluding hydrogens is 283 g/mol. The van der Waals surface area contributed by atoms with Gasteiger partial charge in [-0.1, -0.05) is 56.6 Å². The van der Waals surface area contributed by atoms with Crippen LogP contribution in [-0.2, 0) is 10.2 Å². The molecule has 0 fully saturated rings. The zero-order valence-corrected chi connectivity index (χ0v) is 14.1. The van der Waals surface area contributed by atoms with E-state index in [1.807, 2.05) is 19.1 Å². The lowest BCUT2D eigenvalue weighted by Crippen LogP contribution is -2.18. The lowest BCUT2D eigenvalue weighted by atomic mass is 9.87. The smallest absolute Gasteiger partial charge is 0.249 e. The maximum atomic E-state index is 12.0. The third-order valence-electron chi connectivity index (χ3n) is 3.50. The molecule has 0 bridgehead atoms. The fourth-order valence-corrected chi connectivity index (χ4v) is 2.12. The fraction of sp³-hybridized carbons (Fsp3) is 0.263. The molecule has 1 heterocycles. The molecular formula is C19H21BN2O. The number of carbonyl (C=O) groups excluding carboxylic acids is 1. The van der Waals surface area contributed by atoms with Gasteiger partial charge in [-0.2, -0.15) is 0 Å². The molecule has 0 aliphatic heterocycles. The Balaban J connectivity index is 2.03. The summed E-state index contributed by atoms with van der Waals surface area (Å²) in [6.45, 7) is 8.41. The second kappa shape index (κ2) is 6.82. The maximum absolute atomic E-state index is 12.0. The molecule has 1 amide bonds. The van der Waals surface area contributed by atoms with Crippen molar-refractivity contribution in [1.82, 2.24) is 4.98 Å². The van der Waals surface area contributed by atoms with Gasteiger partial charge in [-0.3, -0.25) is 4.79 Å². The van der Waals surface area contributed by atoms with Crippen LogP contribution in [0.5, 0.6) is 0 Å². The molecule has 0 aliphatic rings. The highest BCUT2D eigenvalue weighted by molar-refractivity contribution is 6.36. The molecule has 1 N–H and O–H groups in total. The summed E-state index contributed by atoms with van der Waals surface area (Å²) in [7, 11) is 5.83. The number of amides is 1. The second-order valence-corrected chi connectivity index (χ2v) is 6.65. The molecule has 0 spiro atoms. The van der Waals surface area contributed by atoms with Crippen molar-refractivity contribution in [2.45, 2.75) is 33.1 Å². The van der Waals surface area contributed by atoms with E-state index in [9.17, 15) is 4.79 Å². The average molecular weight is 304 g/mol. The summed E-state index contributed by atoms with van der Waals surface area (Å²) in [4.78, 5) is 16.1. The van der Waals surface area contributed by atoms with E-state index in [4.69, 9.17) is 7.85 Å². The molecule has 3 nitrogen and oxygen atoms in total. The Hall–Kier alpha value is -2.36. The van der Waals surface area contributed by atoms with Gasteiger partial charge < -0.3 is 5.32 Å². The van der Waals surface area contributed by atoms with Crippen molar-refractivity contribution in [3.63, 3.8) is 0 Å². The number of aromatic nitrogens is 1. The Morgan fingerprint density at radius 3 is 2.43 bits per heavy atom. The van der Waals surface area contributed by atoms with Gasteiger partial charge in [0, 0.05) is 12.3 Å². The van der Waals surface area contributed by atoms with Crippen LogP contribution < -0.4 is 10.8 Å². The van der Waals surface area contributed by atoms with Gasteiger partial charge in [0.05, 0.1) is 0 Å². The molecule has 0 unspecified atom stereocenters. The van der Waals surface area contributed by atoms with Crippen molar-refractivity contribution in [2.75, 3.05) is 5.32 Å². The van der Waals surface area contributed by atoms with Crippen LogP contribution in [0, 0.1) is 6.92 Å². The predicted octanol–water partition coefficient (Wildman–Crippen LogP) is 3.13. The summed E-state index contributed by atoms with van der Waals surface area (Å²) in [5.74, 6) is 0.126. The highest BCUT2D eigenvalue weighted by Gasteiger charge is 2.12. The number of carbonyl (C=O) groups is 1. The molecule has 2 rings (SSSR count). The third kappa shape index (κ3) is 4.81. The Kier molecular flexibility index (Phi) is 5.04. The Morgan fingerprint density at radius 2 is 1.87 bits per heavy atom. The van der Waals surface area contributed by atoms with Gasteiger partial charge in [-0.05, 0) is 35.1 Å². The van der Waals surface area contributed by atoms with Crippen LogP contribution in [0.25, 0.3) is 6.08 Å². The van der Waals surface area contributed by atoms with Crippen LogP contribution in [-0.4, -0.2) is 18.7 Å². The van der Waals surface area contributed by atoms with Crippen molar-refractivity contribution in [3.05, 3.63) is 59.3 Å². The lowest BCUT2D eigenvalue weighted by molar-refractivity contribution is -0.111. The van der Waals surface area contributed by atoms with E-state index in [1.54, 1.807) is 18.3 Å². The normalized spacial score (nSPS) is 11.7. The van der Waals surface area contributed by atoms with Crippen molar-refractivity contribution in [3.8, 4) is 0 Å². The van der Waals surface area contributed by atoms with Crippen LogP contribution in [0.3, 0.4) is 0 Å². The molecule has 0 aliphatic carbocycles. The summed E-state index contributed by atoms with van der Waals surface area (Å²) in [6, 6.07) is 9.94. The van der Waals surface area contributed by atoms with Crippen molar-refractivity contribution < 1.29 is 4.79 Å². The number of nitrogens with one attached hydrogen (secondary N) is 1. The van der Waals surface area contributed by atoms with Gasteiger partial charge in [0.15, 0.2) is 0 Å². The SMILES string of the molecule is [B]c1cc(C)cnc1NC(=O)/C=C/c1ccc(C(C)(C)C)cc1. The molecule has 0 saturated heterocycles. The highest BCUT2D eigenvalue weighted by Crippen LogP contribution is 2.22. The number of nitrogens with zero attached hydrogens (tertiary/aromatic N) is 1. The molecule has 2 radical (unpaired) electrons. The van der Waals surface area contributed by atoms with Crippen LogP contribution in [0.2, 0.25) is 0 Å². The highest BCUT2D eigenvalue weighted by atomic mass is 16.1. The van der Waals surface area contributed by atoms with E-state index in [-0.39, 0.29) is 11.3 Å². The van der Waals surface area contributed by atoms with E-state index in [2.05, 4.69) is 43.2 Å². The first-order chi connectivity index (χ1) is 10.8. The quantitative estimate of drug-likeness (QED) is 0.699. The van der Waals surface area contributed by atoms with Gasteiger partial charge in [-0.15, -0.1) is 0 Å². The Labute approximate surface area is 139 Å². The minimum Gasteiger partial charge on any atom is -0.308 e. The molecule has 116 valence electrons. The zero-order valence-electron chi connectivity index (χ0n) is 14.1. The molecule has 1 aromatic carbocycles. The topological polar surface area (TPSA) is 42.0 Å². The monoisotopic (exact) mass is 304 g/mol. The van der Waals surface area contributed by atoms with E-state index in [0.717, 1.165) is 11.1 Å². The number of pyridine rings is 1. The minimum atomic E-state index is -0.257. The summed E-state index contributed by atoms with van der Waals surface area (Å²) >= 11 is 0.